The summed E-state index contributed by atoms with van der Waals surface area (Å²) in [5, 5.41) is 11.4. The summed E-state index contributed by atoms with van der Waals surface area (Å²) in [6, 6.07) is 7.51. The maximum atomic E-state index is 12.6. The number of benzene rings is 1. The number of carbonyl (C=O) groups excluding carboxylic acids is 1. The summed E-state index contributed by atoms with van der Waals surface area (Å²) in [7, 11) is 0. The Bertz CT molecular complexity index is 750. The van der Waals surface area contributed by atoms with Crippen LogP contribution in [-0.2, 0) is 19.4 Å². The van der Waals surface area contributed by atoms with Gasteiger partial charge in [-0.25, -0.2) is 0 Å². The lowest BCUT2D eigenvalue weighted by Crippen LogP contribution is -2.27. The van der Waals surface area contributed by atoms with Gasteiger partial charge in [0.2, 0.25) is 0 Å². The first-order valence-corrected chi connectivity index (χ1v) is 9.26. The zero-order chi connectivity index (χ0) is 17.1. The molecule has 1 aliphatic carbocycles. The summed E-state index contributed by atoms with van der Waals surface area (Å²) >= 11 is 0. The van der Waals surface area contributed by atoms with E-state index in [0.717, 1.165) is 43.9 Å². The molecule has 0 saturated heterocycles. The van der Waals surface area contributed by atoms with E-state index in [-0.39, 0.29) is 12.0 Å². The molecule has 6 nitrogen and oxygen atoms in total. The number of fused-ring (bicyclic) bond motifs is 1. The Morgan fingerprint density at radius 3 is 2.92 bits per heavy atom. The van der Waals surface area contributed by atoms with Gasteiger partial charge in [0.05, 0.1) is 11.7 Å². The van der Waals surface area contributed by atoms with Crippen molar-refractivity contribution in [3.63, 3.8) is 0 Å². The molecule has 2 heterocycles. The third kappa shape index (κ3) is 3.52. The summed E-state index contributed by atoms with van der Waals surface area (Å²) in [4.78, 5) is 12.6. The van der Waals surface area contributed by atoms with Crippen LogP contribution in [0.2, 0.25) is 0 Å². The third-order valence-electron chi connectivity index (χ3n) is 5.05. The molecule has 6 heteroatoms. The van der Waals surface area contributed by atoms with Crippen molar-refractivity contribution in [2.75, 3.05) is 6.54 Å². The Hall–Kier alpha value is -2.37. The van der Waals surface area contributed by atoms with Crippen molar-refractivity contribution in [1.82, 2.24) is 20.1 Å². The van der Waals surface area contributed by atoms with Gasteiger partial charge in [0.15, 0.2) is 0 Å². The Balaban J connectivity index is 1.36. The lowest BCUT2D eigenvalue weighted by Gasteiger charge is -2.16. The molecule has 132 valence electrons. The van der Waals surface area contributed by atoms with Crippen LogP contribution in [-0.4, -0.2) is 33.3 Å². The predicted octanol–water partition coefficient (Wildman–Crippen LogP) is 2.52. The molecular weight excluding hydrogens is 316 g/mol. The zero-order valence-corrected chi connectivity index (χ0v) is 14.4. The van der Waals surface area contributed by atoms with Gasteiger partial charge in [0, 0.05) is 25.9 Å². The van der Waals surface area contributed by atoms with Crippen LogP contribution in [0.25, 0.3) is 0 Å². The van der Waals surface area contributed by atoms with Crippen LogP contribution >= 0.6 is 0 Å². The molecular formula is C19H24N4O2. The van der Waals surface area contributed by atoms with E-state index in [9.17, 15) is 4.79 Å². The number of nitrogens with one attached hydrogen (secondary N) is 1. The number of aromatic nitrogens is 3. The highest BCUT2D eigenvalue weighted by Gasteiger charge is 2.20. The highest BCUT2D eigenvalue weighted by Crippen LogP contribution is 2.26. The summed E-state index contributed by atoms with van der Waals surface area (Å²) in [5.74, 6) is 2.63. The fraction of sp³-hybridized carbons (Fsp3) is 0.526. The Morgan fingerprint density at radius 1 is 1.20 bits per heavy atom. The number of hydrogen-bond acceptors (Lipinski definition) is 4. The Labute approximate surface area is 147 Å². The molecule has 1 amide bonds. The molecule has 0 atom stereocenters. The molecule has 1 fully saturated rings. The van der Waals surface area contributed by atoms with Crippen molar-refractivity contribution < 1.29 is 9.53 Å². The second kappa shape index (κ2) is 7.25. The van der Waals surface area contributed by atoms with Gasteiger partial charge in [-0.15, -0.1) is 10.2 Å². The molecule has 0 spiro atoms. The zero-order valence-electron chi connectivity index (χ0n) is 14.4. The summed E-state index contributed by atoms with van der Waals surface area (Å²) in [6.07, 6.45) is 7.66. The van der Waals surface area contributed by atoms with E-state index in [1.54, 1.807) is 0 Å². The van der Waals surface area contributed by atoms with Crippen LogP contribution in [0.15, 0.2) is 24.3 Å². The first-order chi connectivity index (χ1) is 12.3. The maximum Gasteiger partial charge on any atom is 0.255 e. The second-order valence-electron chi connectivity index (χ2n) is 6.81. The van der Waals surface area contributed by atoms with E-state index < -0.39 is 0 Å². The lowest BCUT2D eigenvalue weighted by atomic mass is 10.1. The van der Waals surface area contributed by atoms with Crippen molar-refractivity contribution in [2.45, 2.75) is 57.6 Å². The Morgan fingerprint density at radius 2 is 2.04 bits per heavy atom. The minimum atomic E-state index is -0.0882. The highest BCUT2D eigenvalue weighted by molar-refractivity contribution is 5.96. The number of rotatable bonds is 6. The van der Waals surface area contributed by atoms with Crippen molar-refractivity contribution >= 4 is 5.91 Å². The monoisotopic (exact) mass is 340 g/mol. The van der Waals surface area contributed by atoms with E-state index in [4.69, 9.17) is 4.74 Å². The van der Waals surface area contributed by atoms with Crippen LogP contribution in [0.5, 0.6) is 5.75 Å². The van der Waals surface area contributed by atoms with Gasteiger partial charge in [-0.1, -0.05) is 12.1 Å². The molecule has 2 aromatic rings. The number of amides is 1. The van der Waals surface area contributed by atoms with Crippen LogP contribution in [0.3, 0.4) is 0 Å². The predicted molar refractivity (Wildman–Crippen MR) is 93.7 cm³/mol. The van der Waals surface area contributed by atoms with Crippen LogP contribution in [0.4, 0.5) is 0 Å². The number of aryl methyl sites for hydroxylation is 1. The van der Waals surface area contributed by atoms with Gasteiger partial charge in [-0.2, -0.15) is 0 Å². The van der Waals surface area contributed by atoms with E-state index in [1.165, 1.54) is 12.8 Å². The summed E-state index contributed by atoms with van der Waals surface area (Å²) in [6.45, 7) is 1.54. The SMILES string of the molecule is O=C(NCCc1nnc2n1CCC2)c1ccccc1OC1CCCC1. The van der Waals surface area contributed by atoms with Crippen molar-refractivity contribution in [3.05, 3.63) is 41.5 Å². The first kappa shape index (κ1) is 16.1. The minimum Gasteiger partial charge on any atom is -0.490 e. The van der Waals surface area contributed by atoms with Crippen LogP contribution < -0.4 is 10.1 Å². The number of nitrogens with zero attached hydrogens (tertiary/aromatic N) is 3. The fourth-order valence-corrected chi connectivity index (χ4v) is 3.72. The minimum absolute atomic E-state index is 0.0882. The van der Waals surface area contributed by atoms with Crippen LogP contribution in [0.1, 0.15) is 54.1 Å². The van der Waals surface area contributed by atoms with Gasteiger partial charge < -0.3 is 14.6 Å². The molecule has 1 saturated carbocycles. The van der Waals surface area contributed by atoms with E-state index in [1.807, 2.05) is 24.3 Å². The standard InChI is InChI=1S/C19H24N4O2/c24-19(20-12-11-18-22-21-17-10-5-13-23(17)18)15-8-3-4-9-16(15)25-14-6-1-2-7-14/h3-4,8-9,14H,1-2,5-7,10-13H2,(H,20,24). The molecule has 1 aromatic heterocycles. The van der Waals surface area contributed by atoms with Crippen molar-refractivity contribution in [1.29, 1.82) is 0 Å². The molecule has 0 radical (unpaired) electrons. The van der Waals surface area contributed by atoms with Crippen LogP contribution in [0, 0.1) is 0 Å². The highest BCUT2D eigenvalue weighted by atomic mass is 16.5. The second-order valence-corrected chi connectivity index (χ2v) is 6.81. The quantitative estimate of drug-likeness (QED) is 0.877. The van der Waals surface area contributed by atoms with Gasteiger partial charge in [-0.3, -0.25) is 4.79 Å². The average molecular weight is 340 g/mol. The number of para-hydroxylation sites is 1. The number of ether oxygens (including phenoxy) is 1. The van der Waals surface area contributed by atoms with Gasteiger partial charge >= 0.3 is 0 Å². The number of carbonyl (C=O) groups is 1. The average Bonchev–Trinajstić information content (AvgIpc) is 3.34. The first-order valence-electron chi connectivity index (χ1n) is 9.26. The fourth-order valence-electron chi connectivity index (χ4n) is 3.72. The Kier molecular flexibility index (Phi) is 4.68. The topological polar surface area (TPSA) is 69.0 Å². The van der Waals surface area contributed by atoms with E-state index >= 15 is 0 Å². The molecule has 1 aromatic carbocycles. The molecule has 0 unspecified atom stereocenters. The van der Waals surface area contributed by atoms with Crippen molar-refractivity contribution in [3.8, 4) is 5.75 Å². The van der Waals surface area contributed by atoms with Crippen molar-refractivity contribution in [2.24, 2.45) is 0 Å². The maximum absolute atomic E-state index is 12.6. The van der Waals surface area contributed by atoms with Gasteiger partial charge in [0.25, 0.3) is 5.91 Å². The molecule has 25 heavy (non-hydrogen) atoms. The van der Waals surface area contributed by atoms with Gasteiger partial charge in [0.1, 0.15) is 17.4 Å². The molecule has 1 aliphatic heterocycles. The molecule has 4 rings (SSSR count). The van der Waals surface area contributed by atoms with E-state index in [2.05, 4.69) is 20.1 Å². The molecule has 1 N–H and O–H groups in total. The molecule has 2 aliphatic rings. The largest absolute Gasteiger partial charge is 0.490 e. The summed E-state index contributed by atoms with van der Waals surface area (Å²) in [5.41, 5.74) is 0.612. The number of hydrogen-bond donors (Lipinski definition) is 1. The summed E-state index contributed by atoms with van der Waals surface area (Å²) < 4.78 is 8.22. The smallest absolute Gasteiger partial charge is 0.255 e. The normalized spacial score (nSPS) is 16.8. The lowest BCUT2D eigenvalue weighted by molar-refractivity contribution is 0.0946. The van der Waals surface area contributed by atoms with Gasteiger partial charge in [-0.05, 0) is 44.2 Å². The third-order valence-corrected chi connectivity index (χ3v) is 5.05. The molecule has 0 bridgehead atoms. The van der Waals surface area contributed by atoms with E-state index in [0.29, 0.717) is 24.3 Å².